The number of carboxylic acids is 1. The van der Waals surface area contributed by atoms with Crippen molar-refractivity contribution in [2.45, 2.75) is 44.6 Å². The third-order valence-electron chi connectivity index (χ3n) is 5.50. The molecular formula is C26H25O4-. The second-order valence-electron chi connectivity index (χ2n) is 7.73. The first-order valence-corrected chi connectivity index (χ1v) is 10.4. The van der Waals surface area contributed by atoms with Crippen LogP contribution in [0.4, 0.5) is 0 Å². The Hall–Kier alpha value is -3.27. The summed E-state index contributed by atoms with van der Waals surface area (Å²) in [5.74, 6) is 1.43. The smallest absolute Gasteiger partial charge is 0.127 e. The Kier molecular flexibility index (Phi) is 6.33. The Morgan fingerprint density at radius 1 is 0.900 bits per heavy atom. The van der Waals surface area contributed by atoms with Crippen LogP contribution in [0.3, 0.4) is 0 Å². The molecule has 30 heavy (non-hydrogen) atoms. The summed E-state index contributed by atoms with van der Waals surface area (Å²) in [4.78, 5) is 11.1. The van der Waals surface area contributed by atoms with Crippen LogP contribution in [0.2, 0.25) is 0 Å². The Bertz CT molecular complexity index is 997. The molecule has 0 saturated carbocycles. The number of carbonyl (C=O) groups is 1. The molecule has 1 aliphatic rings. The monoisotopic (exact) mass is 401 g/mol. The number of hydrogen-bond acceptors (Lipinski definition) is 4. The molecule has 0 spiro atoms. The molecule has 0 aliphatic heterocycles. The van der Waals surface area contributed by atoms with Gasteiger partial charge in [0.15, 0.2) is 0 Å². The molecule has 3 aromatic rings. The molecule has 1 unspecified atom stereocenters. The van der Waals surface area contributed by atoms with E-state index in [1.165, 1.54) is 5.56 Å². The second-order valence-corrected chi connectivity index (χ2v) is 7.73. The Labute approximate surface area is 177 Å². The highest BCUT2D eigenvalue weighted by atomic mass is 16.5. The molecular weight excluding hydrogens is 376 g/mol. The molecule has 0 radical (unpaired) electrons. The largest absolute Gasteiger partial charge is 0.550 e. The van der Waals surface area contributed by atoms with Crippen LogP contribution in [0.1, 0.15) is 48.3 Å². The summed E-state index contributed by atoms with van der Waals surface area (Å²) in [6, 6.07) is 23.6. The zero-order valence-corrected chi connectivity index (χ0v) is 16.9. The van der Waals surface area contributed by atoms with Gasteiger partial charge in [-0.2, -0.15) is 0 Å². The van der Waals surface area contributed by atoms with Crippen LogP contribution >= 0.6 is 0 Å². The first-order valence-electron chi connectivity index (χ1n) is 10.4. The van der Waals surface area contributed by atoms with E-state index in [1.54, 1.807) is 0 Å². The highest BCUT2D eigenvalue weighted by Crippen LogP contribution is 2.35. The van der Waals surface area contributed by atoms with Crippen LogP contribution in [-0.4, -0.2) is 5.97 Å². The van der Waals surface area contributed by atoms with Crippen LogP contribution in [-0.2, 0) is 17.8 Å². The summed E-state index contributed by atoms with van der Waals surface area (Å²) in [6.45, 7) is 0.438. The predicted octanol–water partition coefficient (Wildman–Crippen LogP) is 5.01. The summed E-state index contributed by atoms with van der Waals surface area (Å²) in [7, 11) is 0. The fourth-order valence-electron chi connectivity index (χ4n) is 4.05. The molecule has 1 atom stereocenters. The van der Waals surface area contributed by atoms with Gasteiger partial charge in [-0.15, -0.1) is 0 Å². The zero-order chi connectivity index (χ0) is 20.8. The topological polar surface area (TPSA) is 58.6 Å². The molecule has 1 aliphatic carbocycles. The highest BCUT2D eigenvalue weighted by Gasteiger charge is 2.19. The first-order chi connectivity index (χ1) is 14.7. The number of rotatable bonds is 7. The molecule has 0 heterocycles. The molecule has 0 fully saturated rings. The van der Waals surface area contributed by atoms with Crippen LogP contribution in [0.15, 0.2) is 72.8 Å². The molecule has 0 N–H and O–H groups in total. The summed E-state index contributed by atoms with van der Waals surface area (Å²) >= 11 is 0. The van der Waals surface area contributed by atoms with E-state index in [4.69, 9.17) is 9.47 Å². The van der Waals surface area contributed by atoms with Gasteiger partial charge in [0.2, 0.25) is 0 Å². The molecule has 4 heteroatoms. The molecule has 4 rings (SSSR count). The number of para-hydroxylation sites is 1. The normalized spacial score (nSPS) is 15.7. The number of fused-ring (bicyclic) bond motifs is 1. The van der Waals surface area contributed by atoms with E-state index in [2.05, 4.69) is 6.07 Å². The van der Waals surface area contributed by atoms with Crippen molar-refractivity contribution in [1.29, 1.82) is 0 Å². The first kappa shape index (κ1) is 20.0. The maximum Gasteiger partial charge on any atom is 0.127 e. The van der Waals surface area contributed by atoms with Crippen LogP contribution < -0.4 is 14.6 Å². The quantitative estimate of drug-likeness (QED) is 0.522. The lowest BCUT2D eigenvalue weighted by atomic mass is 9.90. The van der Waals surface area contributed by atoms with Gasteiger partial charge >= 0.3 is 0 Å². The lowest BCUT2D eigenvalue weighted by molar-refractivity contribution is -0.306. The van der Waals surface area contributed by atoms with Gasteiger partial charge < -0.3 is 19.4 Å². The van der Waals surface area contributed by atoms with Crippen LogP contribution in [0, 0.1) is 0 Å². The summed E-state index contributed by atoms with van der Waals surface area (Å²) in [6.07, 6.45) is 4.04. The standard InChI is InChI=1S/C26H26O4/c27-26(28)17-21-9-5-4-8-20-16-23(13-14-25(20)21)29-18-19-7-6-12-24(15-19)30-22-10-2-1-3-11-22/h1-3,6-7,10-16,21H,4-5,8-9,17-18H2,(H,27,28)/p-1. The molecule has 3 aromatic carbocycles. The minimum Gasteiger partial charge on any atom is -0.550 e. The van der Waals surface area contributed by atoms with Crippen molar-refractivity contribution in [3.05, 3.63) is 89.5 Å². The number of aryl methyl sites for hydroxylation is 1. The van der Waals surface area contributed by atoms with Crippen molar-refractivity contribution >= 4 is 5.97 Å². The van der Waals surface area contributed by atoms with Crippen molar-refractivity contribution < 1.29 is 19.4 Å². The maximum absolute atomic E-state index is 11.1. The summed E-state index contributed by atoms with van der Waals surface area (Å²) in [5.41, 5.74) is 3.34. The third-order valence-corrected chi connectivity index (χ3v) is 5.50. The van der Waals surface area contributed by atoms with Gasteiger partial charge in [0.1, 0.15) is 23.9 Å². The van der Waals surface area contributed by atoms with Crippen LogP contribution in [0.5, 0.6) is 17.2 Å². The van der Waals surface area contributed by atoms with E-state index in [-0.39, 0.29) is 12.3 Å². The van der Waals surface area contributed by atoms with Gasteiger partial charge in [0.05, 0.1) is 0 Å². The van der Waals surface area contributed by atoms with E-state index < -0.39 is 5.97 Å². The summed E-state index contributed by atoms with van der Waals surface area (Å²) in [5, 5.41) is 11.1. The summed E-state index contributed by atoms with van der Waals surface area (Å²) < 4.78 is 11.9. The predicted molar refractivity (Wildman–Crippen MR) is 114 cm³/mol. The Balaban J connectivity index is 1.43. The average Bonchev–Trinajstić information content (AvgIpc) is 2.95. The SMILES string of the molecule is O=C([O-])CC1CCCCc2cc(OCc3cccc(Oc4ccccc4)c3)ccc21. The average molecular weight is 401 g/mol. The minimum atomic E-state index is -0.981. The fourth-order valence-corrected chi connectivity index (χ4v) is 4.05. The lowest BCUT2D eigenvalue weighted by Gasteiger charge is -2.19. The number of ether oxygens (including phenoxy) is 2. The van der Waals surface area contributed by atoms with Crippen LogP contribution in [0.25, 0.3) is 0 Å². The van der Waals surface area contributed by atoms with E-state index in [0.717, 1.165) is 54.1 Å². The fraction of sp³-hybridized carbons (Fsp3) is 0.269. The molecule has 0 aromatic heterocycles. The van der Waals surface area contributed by atoms with Gasteiger partial charge in [-0.1, -0.05) is 42.8 Å². The van der Waals surface area contributed by atoms with Gasteiger partial charge in [-0.25, -0.2) is 0 Å². The van der Waals surface area contributed by atoms with Crippen molar-refractivity contribution in [3.63, 3.8) is 0 Å². The van der Waals surface area contributed by atoms with Gasteiger partial charge in [-0.05, 0) is 84.7 Å². The Morgan fingerprint density at radius 3 is 2.57 bits per heavy atom. The maximum atomic E-state index is 11.1. The molecule has 0 amide bonds. The lowest BCUT2D eigenvalue weighted by Crippen LogP contribution is -2.24. The number of carboxylic acid groups (broad SMARTS) is 1. The molecule has 0 saturated heterocycles. The second kappa shape index (κ2) is 9.49. The molecule has 0 bridgehead atoms. The number of carbonyl (C=O) groups excluding carboxylic acids is 1. The van der Waals surface area contributed by atoms with Gasteiger partial charge in [0.25, 0.3) is 0 Å². The zero-order valence-electron chi connectivity index (χ0n) is 16.9. The molecule has 4 nitrogen and oxygen atoms in total. The van der Waals surface area contributed by atoms with Gasteiger partial charge in [0, 0.05) is 5.97 Å². The van der Waals surface area contributed by atoms with Crippen molar-refractivity contribution in [2.75, 3.05) is 0 Å². The van der Waals surface area contributed by atoms with Gasteiger partial charge in [-0.3, -0.25) is 0 Å². The Morgan fingerprint density at radius 2 is 1.73 bits per heavy atom. The van der Waals surface area contributed by atoms with E-state index in [1.807, 2.05) is 66.7 Å². The third kappa shape index (κ3) is 5.20. The van der Waals surface area contributed by atoms with E-state index in [9.17, 15) is 9.90 Å². The molecule has 154 valence electrons. The van der Waals surface area contributed by atoms with Crippen molar-refractivity contribution in [2.24, 2.45) is 0 Å². The number of hydrogen-bond donors (Lipinski definition) is 0. The van der Waals surface area contributed by atoms with Crippen molar-refractivity contribution in [3.8, 4) is 17.2 Å². The van der Waals surface area contributed by atoms with E-state index >= 15 is 0 Å². The number of benzene rings is 3. The minimum absolute atomic E-state index is 0.0355. The van der Waals surface area contributed by atoms with E-state index in [0.29, 0.717) is 6.61 Å². The number of aliphatic carboxylic acids is 1. The highest BCUT2D eigenvalue weighted by molar-refractivity contribution is 5.66. The van der Waals surface area contributed by atoms with Crippen molar-refractivity contribution in [1.82, 2.24) is 0 Å².